The second-order valence-electron chi connectivity index (χ2n) is 2.34. The molecule has 0 fully saturated rings. The normalized spacial score (nSPS) is 11.9. The fourth-order valence-electron chi connectivity index (χ4n) is 0.668. The number of nitrogens with one attached hydrogen (secondary N) is 1. The lowest BCUT2D eigenvalue weighted by Gasteiger charge is -2.10. The van der Waals surface area contributed by atoms with Crippen LogP contribution >= 0.6 is 24.0 Å². The highest BCUT2D eigenvalue weighted by atomic mass is 32.2. The second kappa shape index (κ2) is 7.15. The molecule has 0 bridgehead atoms. The Morgan fingerprint density at radius 2 is 2.23 bits per heavy atom. The maximum atomic E-state index is 11.2. The molecule has 1 amide bonds. The minimum Gasteiger partial charge on any atom is -0.479 e. The third-order valence-electron chi connectivity index (χ3n) is 1.26. The number of hydrogen-bond donors (Lipinski definition) is 1. The van der Waals surface area contributed by atoms with Crippen LogP contribution in [0.5, 0.6) is 0 Å². The molecule has 0 saturated carbocycles. The van der Waals surface area contributed by atoms with Crippen LogP contribution in [0, 0.1) is 0 Å². The average molecular weight is 221 g/mol. The van der Waals surface area contributed by atoms with E-state index in [1.165, 1.54) is 11.8 Å². The molecule has 0 aromatic heterocycles. The molecule has 0 spiro atoms. The van der Waals surface area contributed by atoms with Crippen LogP contribution in [0.25, 0.3) is 0 Å². The summed E-state index contributed by atoms with van der Waals surface area (Å²) in [4.78, 5) is 11.2. The van der Waals surface area contributed by atoms with Crippen molar-refractivity contribution in [3.63, 3.8) is 0 Å². The molecule has 0 rings (SSSR count). The Hall–Kier alpha value is -0.290. The van der Waals surface area contributed by atoms with E-state index in [0.717, 1.165) is 0 Å². The molecule has 0 radical (unpaired) electrons. The van der Waals surface area contributed by atoms with Gasteiger partial charge in [-0.1, -0.05) is 11.8 Å². The first kappa shape index (κ1) is 12.7. The molecular formula is C8H15NO2S2. The molecule has 76 valence electrons. The van der Waals surface area contributed by atoms with Crippen molar-refractivity contribution in [1.29, 1.82) is 0 Å². The molecule has 0 aliphatic rings. The van der Waals surface area contributed by atoms with Gasteiger partial charge in [0.15, 0.2) is 0 Å². The maximum absolute atomic E-state index is 11.2. The van der Waals surface area contributed by atoms with Crippen molar-refractivity contribution >= 4 is 34.3 Å². The van der Waals surface area contributed by atoms with Crippen molar-refractivity contribution in [3.05, 3.63) is 0 Å². The number of carbonyl (C=O) groups is 1. The highest BCUT2D eigenvalue weighted by Gasteiger charge is 2.14. The molecule has 0 aliphatic carbocycles. The Balaban J connectivity index is 3.78. The number of thioether (sulfide) groups is 1. The van der Waals surface area contributed by atoms with Gasteiger partial charge in [0.25, 0.3) is 0 Å². The van der Waals surface area contributed by atoms with Crippen LogP contribution < -0.4 is 5.32 Å². The van der Waals surface area contributed by atoms with Gasteiger partial charge in [0.05, 0.1) is 11.9 Å². The molecule has 1 unspecified atom stereocenters. The molecule has 3 nitrogen and oxygen atoms in total. The summed E-state index contributed by atoms with van der Waals surface area (Å²) in [6, 6.07) is 0. The zero-order valence-electron chi connectivity index (χ0n) is 8.12. The summed E-state index contributed by atoms with van der Waals surface area (Å²) in [6.45, 7) is 6.75. The van der Waals surface area contributed by atoms with Crippen LogP contribution in [-0.4, -0.2) is 28.7 Å². The molecule has 5 heteroatoms. The van der Waals surface area contributed by atoms with Crippen molar-refractivity contribution < 1.29 is 9.53 Å². The fraction of sp³-hybridized carbons (Fsp3) is 0.750. The molecule has 0 aliphatic heterocycles. The van der Waals surface area contributed by atoms with Crippen LogP contribution in [-0.2, 0) is 9.53 Å². The number of ether oxygens (including phenoxy) is 1. The van der Waals surface area contributed by atoms with E-state index in [2.05, 4.69) is 5.32 Å². The number of thiocarbonyl (C=S) groups is 1. The fourth-order valence-corrected chi connectivity index (χ4v) is 1.88. The lowest BCUT2D eigenvalue weighted by atomic mass is 10.4. The zero-order valence-corrected chi connectivity index (χ0v) is 9.76. The van der Waals surface area contributed by atoms with E-state index >= 15 is 0 Å². The predicted octanol–water partition coefficient (Wildman–Crippen LogP) is 1.57. The second-order valence-corrected chi connectivity index (χ2v) is 4.28. The van der Waals surface area contributed by atoms with E-state index in [0.29, 0.717) is 17.5 Å². The molecular weight excluding hydrogens is 206 g/mol. The molecule has 0 aromatic carbocycles. The zero-order chi connectivity index (χ0) is 10.3. The number of carbonyl (C=O) groups excluding carboxylic acids is 1. The summed E-state index contributed by atoms with van der Waals surface area (Å²) in [7, 11) is 0. The molecule has 0 saturated heterocycles. The third-order valence-corrected chi connectivity index (χ3v) is 2.54. The first-order valence-electron chi connectivity index (χ1n) is 4.22. The van der Waals surface area contributed by atoms with E-state index in [9.17, 15) is 4.79 Å². The summed E-state index contributed by atoms with van der Waals surface area (Å²) in [5.41, 5.74) is 0. The third kappa shape index (κ3) is 5.87. The molecule has 0 heterocycles. The van der Waals surface area contributed by atoms with Crippen LogP contribution in [0.2, 0.25) is 0 Å². The van der Waals surface area contributed by atoms with Gasteiger partial charge in [-0.3, -0.25) is 4.79 Å². The minimum atomic E-state index is -0.181. The monoisotopic (exact) mass is 221 g/mol. The van der Waals surface area contributed by atoms with Gasteiger partial charge >= 0.3 is 0 Å². The van der Waals surface area contributed by atoms with Gasteiger partial charge in [0.2, 0.25) is 10.3 Å². The molecule has 1 N–H and O–H groups in total. The topological polar surface area (TPSA) is 38.3 Å². The number of rotatable bonds is 4. The van der Waals surface area contributed by atoms with Crippen LogP contribution in [0.1, 0.15) is 20.8 Å². The summed E-state index contributed by atoms with van der Waals surface area (Å²) in [5, 5.41) is 2.54. The summed E-state index contributed by atoms with van der Waals surface area (Å²) >= 11 is 6.16. The van der Waals surface area contributed by atoms with E-state index < -0.39 is 0 Å². The first-order chi connectivity index (χ1) is 6.11. The van der Waals surface area contributed by atoms with Gasteiger partial charge < -0.3 is 10.1 Å². The van der Waals surface area contributed by atoms with Crippen molar-refractivity contribution in [3.8, 4) is 0 Å². The van der Waals surface area contributed by atoms with Gasteiger partial charge in [0, 0.05) is 6.54 Å². The molecule has 0 aromatic rings. The highest BCUT2D eigenvalue weighted by molar-refractivity contribution is 8.23. The van der Waals surface area contributed by atoms with Crippen molar-refractivity contribution in [2.24, 2.45) is 0 Å². The maximum Gasteiger partial charge on any atom is 0.233 e. The van der Waals surface area contributed by atoms with Crippen molar-refractivity contribution in [1.82, 2.24) is 5.32 Å². The van der Waals surface area contributed by atoms with Gasteiger partial charge in [-0.15, -0.1) is 0 Å². The van der Waals surface area contributed by atoms with E-state index in [4.69, 9.17) is 17.0 Å². The van der Waals surface area contributed by atoms with Gasteiger partial charge in [-0.25, -0.2) is 0 Å². The molecule has 1 atom stereocenters. The lowest BCUT2D eigenvalue weighted by molar-refractivity contribution is -0.120. The Labute approximate surface area is 88.6 Å². The number of hydrogen-bond acceptors (Lipinski definition) is 4. The lowest BCUT2D eigenvalue weighted by Crippen LogP contribution is -2.31. The SMILES string of the molecule is CCNC(=O)C(C)SC(=S)OCC. The van der Waals surface area contributed by atoms with Crippen LogP contribution in [0.15, 0.2) is 0 Å². The van der Waals surface area contributed by atoms with E-state index in [1.807, 2.05) is 13.8 Å². The van der Waals surface area contributed by atoms with Gasteiger partial charge in [-0.05, 0) is 33.0 Å². The van der Waals surface area contributed by atoms with Gasteiger partial charge in [-0.2, -0.15) is 0 Å². The summed E-state index contributed by atoms with van der Waals surface area (Å²) in [5.74, 6) is -0.00504. The van der Waals surface area contributed by atoms with Crippen molar-refractivity contribution in [2.45, 2.75) is 26.0 Å². The van der Waals surface area contributed by atoms with E-state index in [-0.39, 0.29) is 11.2 Å². The quantitative estimate of drug-likeness (QED) is 0.731. The molecule has 13 heavy (non-hydrogen) atoms. The largest absolute Gasteiger partial charge is 0.479 e. The van der Waals surface area contributed by atoms with Crippen LogP contribution in [0.3, 0.4) is 0 Å². The minimum absolute atomic E-state index is 0.00504. The first-order valence-corrected chi connectivity index (χ1v) is 5.51. The van der Waals surface area contributed by atoms with Gasteiger partial charge in [0.1, 0.15) is 0 Å². The summed E-state index contributed by atoms with van der Waals surface area (Å²) in [6.07, 6.45) is 0. The Kier molecular flexibility index (Phi) is 6.99. The standard InChI is InChI=1S/C8H15NO2S2/c1-4-9-7(10)6(3)13-8(12)11-5-2/h6H,4-5H2,1-3H3,(H,9,10). The Bertz CT molecular complexity index is 185. The van der Waals surface area contributed by atoms with E-state index in [1.54, 1.807) is 6.92 Å². The predicted molar refractivity (Wildman–Crippen MR) is 60.0 cm³/mol. The summed E-state index contributed by atoms with van der Waals surface area (Å²) < 4.78 is 5.49. The van der Waals surface area contributed by atoms with Crippen molar-refractivity contribution in [2.75, 3.05) is 13.2 Å². The highest BCUT2D eigenvalue weighted by Crippen LogP contribution is 2.13. The number of amides is 1. The smallest absolute Gasteiger partial charge is 0.233 e. The Morgan fingerprint density at radius 1 is 1.62 bits per heavy atom. The Morgan fingerprint density at radius 3 is 2.69 bits per heavy atom. The average Bonchev–Trinajstić information content (AvgIpc) is 2.05. The van der Waals surface area contributed by atoms with Crippen LogP contribution in [0.4, 0.5) is 0 Å².